The Morgan fingerprint density at radius 3 is 2.27 bits per heavy atom. The molecule has 1 atom stereocenters. The van der Waals surface area contributed by atoms with Crippen LogP contribution in [-0.4, -0.2) is 17.0 Å². The molecular formula is C25H25F3N2O3. The molecule has 0 aliphatic carbocycles. The van der Waals surface area contributed by atoms with E-state index in [0.29, 0.717) is 16.9 Å². The zero-order valence-corrected chi connectivity index (χ0v) is 18.7. The number of carbonyl (C=O) groups is 1. The molecule has 0 spiro atoms. The van der Waals surface area contributed by atoms with E-state index in [9.17, 15) is 18.0 Å². The van der Waals surface area contributed by atoms with Crippen LogP contribution in [-0.2, 0) is 10.9 Å². The molecule has 3 rings (SSSR count). The highest BCUT2D eigenvalue weighted by molar-refractivity contribution is 6.05. The number of nitrogens with zero attached hydrogens (tertiary/aromatic N) is 1. The molecule has 1 amide bonds. The molecule has 0 bridgehead atoms. The minimum atomic E-state index is -4.46. The molecule has 0 radical (unpaired) electrons. The van der Waals surface area contributed by atoms with Crippen LogP contribution in [0.3, 0.4) is 0 Å². The molecular weight excluding hydrogens is 433 g/mol. The molecule has 5 nitrogen and oxygen atoms in total. The standard InChI is InChI=1S/C25H25F3N2O3/c1-15(2)32-17(4)23-12-11-22(16(3)29-23)24(31)30-19-8-6-10-21(14-19)33-20-9-5-7-18(13-20)25(26,27)28/h5-15,17H,1-4H3,(H,30,31). The Morgan fingerprint density at radius 1 is 0.970 bits per heavy atom. The second kappa shape index (κ2) is 10.0. The SMILES string of the molecule is Cc1nc(C(C)OC(C)C)ccc1C(=O)Nc1cccc(Oc2cccc(C(F)(F)F)c2)c1. The summed E-state index contributed by atoms with van der Waals surface area (Å²) >= 11 is 0. The van der Waals surface area contributed by atoms with Crippen molar-refractivity contribution in [2.45, 2.75) is 46.1 Å². The minimum Gasteiger partial charge on any atom is -0.457 e. The first-order valence-corrected chi connectivity index (χ1v) is 10.4. The Balaban J connectivity index is 1.72. The van der Waals surface area contributed by atoms with Gasteiger partial charge in [-0.05, 0) is 70.2 Å². The molecule has 0 saturated carbocycles. The molecule has 1 aromatic heterocycles. The quantitative estimate of drug-likeness (QED) is 0.417. The molecule has 0 fully saturated rings. The van der Waals surface area contributed by atoms with Gasteiger partial charge >= 0.3 is 6.18 Å². The highest BCUT2D eigenvalue weighted by atomic mass is 19.4. The van der Waals surface area contributed by atoms with Crippen LogP contribution in [0.4, 0.5) is 18.9 Å². The summed E-state index contributed by atoms with van der Waals surface area (Å²) in [5.74, 6) is -0.0288. The van der Waals surface area contributed by atoms with E-state index in [4.69, 9.17) is 9.47 Å². The number of alkyl halides is 3. The smallest absolute Gasteiger partial charge is 0.416 e. The summed E-state index contributed by atoms with van der Waals surface area (Å²) in [5, 5.41) is 2.77. The van der Waals surface area contributed by atoms with Gasteiger partial charge in [0.25, 0.3) is 5.91 Å². The predicted molar refractivity (Wildman–Crippen MR) is 120 cm³/mol. The van der Waals surface area contributed by atoms with E-state index in [0.717, 1.165) is 17.8 Å². The van der Waals surface area contributed by atoms with E-state index < -0.39 is 11.7 Å². The molecule has 33 heavy (non-hydrogen) atoms. The number of amides is 1. The largest absolute Gasteiger partial charge is 0.457 e. The highest BCUT2D eigenvalue weighted by Gasteiger charge is 2.30. The zero-order chi connectivity index (χ0) is 24.2. The maximum atomic E-state index is 12.9. The lowest BCUT2D eigenvalue weighted by Crippen LogP contribution is -2.16. The summed E-state index contributed by atoms with van der Waals surface area (Å²) in [6.07, 6.45) is -4.61. The number of aromatic nitrogens is 1. The molecule has 0 aliphatic heterocycles. The summed E-state index contributed by atoms with van der Waals surface area (Å²) < 4.78 is 50.1. The molecule has 0 aliphatic rings. The first-order chi connectivity index (χ1) is 15.5. The van der Waals surface area contributed by atoms with E-state index in [1.54, 1.807) is 37.3 Å². The van der Waals surface area contributed by atoms with Gasteiger partial charge in [0.05, 0.1) is 34.7 Å². The maximum absolute atomic E-state index is 12.9. The van der Waals surface area contributed by atoms with Crippen molar-refractivity contribution in [2.24, 2.45) is 0 Å². The van der Waals surface area contributed by atoms with Crippen molar-refractivity contribution in [1.82, 2.24) is 4.98 Å². The highest BCUT2D eigenvalue weighted by Crippen LogP contribution is 2.33. The number of carbonyl (C=O) groups excluding carboxylic acids is 1. The average Bonchev–Trinajstić information content (AvgIpc) is 2.73. The molecule has 2 aromatic carbocycles. The molecule has 1 unspecified atom stereocenters. The number of ether oxygens (including phenoxy) is 2. The van der Waals surface area contributed by atoms with Gasteiger partial charge in [0, 0.05) is 11.8 Å². The Hall–Kier alpha value is -3.39. The number of nitrogens with one attached hydrogen (secondary N) is 1. The number of hydrogen-bond acceptors (Lipinski definition) is 4. The van der Waals surface area contributed by atoms with E-state index in [2.05, 4.69) is 10.3 Å². The number of anilines is 1. The van der Waals surface area contributed by atoms with Crippen molar-refractivity contribution in [3.63, 3.8) is 0 Å². The number of aryl methyl sites for hydroxylation is 1. The van der Waals surface area contributed by atoms with Gasteiger partial charge in [-0.15, -0.1) is 0 Å². The normalized spacial score (nSPS) is 12.5. The van der Waals surface area contributed by atoms with Crippen LogP contribution >= 0.6 is 0 Å². The summed E-state index contributed by atoms with van der Waals surface area (Å²) in [7, 11) is 0. The van der Waals surface area contributed by atoms with Crippen LogP contribution in [0.5, 0.6) is 11.5 Å². The second-order valence-corrected chi connectivity index (χ2v) is 7.81. The average molecular weight is 458 g/mol. The summed E-state index contributed by atoms with van der Waals surface area (Å²) in [6.45, 7) is 7.52. The van der Waals surface area contributed by atoms with Gasteiger partial charge in [0.2, 0.25) is 0 Å². The Kier molecular flexibility index (Phi) is 7.38. The van der Waals surface area contributed by atoms with Gasteiger partial charge in [0.15, 0.2) is 0 Å². The Bertz CT molecular complexity index is 1130. The fraction of sp³-hybridized carbons (Fsp3) is 0.280. The number of benzene rings is 2. The molecule has 3 aromatic rings. The predicted octanol–water partition coefficient (Wildman–Crippen LogP) is 6.94. The van der Waals surface area contributed by atoms with Gasteiger partial charge in [-0.25, -0.2) is 0 Å². The van der Waals surface area contributed by atoms with Gasteiger partial charge in [-0.2, -0.15) is 13.2 Å². The fourth-order valence-electron chi connectivity index (χ4n) is 3.23. The second-order valence-electron chi connectivity index (χ2n) is 7.81. The van der Waals surface area contributed by atoms with Crippen molar-refractivity contribution < 1.29 is 27.4 Å². The number of halogens is 3. The van der Waals surface area contributed by atoms with Crippen molar-refractivity contribution >= 4 is 11.6 Å². The number of pyridine rings is 1. The minimum absolute atomic E-state index is 0.0432. The first kappa shape index (κ1) is 24.3. The van der Waals surface area contributed by atoms with E-state index in [1.807, 2.05) is 20.8 Å². The third-order valence-electron chi connectivity index (χ3n) is 4.73. The van der Waals surface area contributed by atoms with Gasteiger partial charge in [-0.1, -0.05) is 12.1 Å². The van der Waals surface area contributed by atoms with Crippen LogP contribution < -0.4 is 10.1 Å². The van der Waals surface area contributed by atoms with Crippen LogP contribution in [0.1, 0.15) is 54.2 Å². The lowest BCUT2D eigenvalue weighted by Gasteiger charge is -2.17. The van der Waals surface area contributed by atoms with Crippen molar-refractivity contribution in [2.75, 3.05) is 5.32 Å². The number of rotatable bonds is 7. The maximum Gasteiger partial charge on any atom is 0.416 e. The molecule has 1 N–H and O–H groups in total. The van der Waals surface area contributed by atoms with Crippen molar-refractivity contribution in [3.05, 3.63) is 83.2 Å². The molecule has 174 valence electrons. The third-order valence-corrected chi connectivity index (χ3v) is 4.73. The van der Waals surface area contributed by atoms with Gasteiger partial charge in [-0.3, -0.25) is 9.78 Å². The molecule has 0 saturated heterocycles. The molecule has 1 heterocycles. The summed E-state index contributed by atoms with van der Waals surface area (Å²) in [5.41, 5.74) is 1.32. The number of hydrogen-bond donors (Lipinski definition) is 1. The third kappa shape index (κ3) is 6.55. The first-order valence-electron chi connectivity index (χ1n) is 10.4. The van der Waals surface area contributed by atoms with Gasteiger partial charge < -0.3 is 14.8 Å². The monoisotopic (exact) mass is 458 g/mol. The Morgan fingerprint density at radius 2 is 1.64 bits per heavy atom. The lowest BCUT2D eigenvalue weighted by molar-refractivity contribution is -0.137. The van der Waals surface area contributed by atoms with Crippen LogP contribution in [0.2, 0.25) is 0 Å². The lowest BCUT2D eigenvalue weighted by atomic mass is 10.1. The van der Waals surface area contributed by atoms with E-state index >= 15 is 0 Å². The summed E-state index contributed by atoms with van der Waals surface area (Å²) in [6, 6.07) is 14.5. The van der Waals surface area contributed by atoms with E-state index in [-0.39, 0.29) is 29.6 Å². The van der Waals surface area contributed by atoms with Crippen molar-refractivity contribution in [3.8, 4) is 11.5 Å². The van der Waals surface area contributed by atoms with Crippen LogP contribution in [0, 0.1) is 6.92 Å². The zero-order valence-electron chi connectivity index (χ0n) is 18.7. The summed E-state index contributed by atoms with van der Waals surface area (Å²) in [4.78, 5) is 17.3. The molecule has 8 heteroatoms. The Labute approximate surface area is 190 Å². The van der Waals surface area contributed by atoms with Gasteiger partial charge in [0.1, 0.15) is 11.5 Å². The van der Waals surface area contributed by atoms with Crippen molar-refractivity contribution in [1.29, 1.82) is 0 Å². The van der Waals surface area contributed by atoms with Crippen LogP contribution in [0.15, 0.2) is 60.7 Å². The van der Waals surface area contributed by atoms with Crippen LogP contribution in [0.25, 0.3) is 0 Å². The van der Waals surface area contributed by atoms with E-state index in [1.165, 1.54) is 18.2 Å². The fourth-order valence-corrected chi connectivity index (χ4v) is 3.23. The topological polar surface area (TPSA) is 60.5 Å².